The highest BCUT2D eigenvalue weighted by Gasteiger charge is 2.40. The number of methoxy groups -OCH3 is 1. The predicted molar refractivity (Wildman–Crippen MR) is 123 cm³/mol. The first-order chi connectivity index (χ1) is 13.3. The number of aliphatic imine (C=N–C) groups is 1. The topological polar surface area (TPSA) is 113 Å². The van der Waals surface area contributed by atoms with Crippen LogP contribution in [0.25, 0.3) is 11.4 Å². The summed E-state index contributed by atoms with van der Waals surface area (Å²) in [4.78, 5) is 10.7. The number of rotatable bonds is 4. The number of ether oxygens (including phenoxy) is 1. The van der Waals surface area contributed by atoms with Gasteiger partial charge in [-0.25, -0.2) is 13.4 Å². The highest BCUT2D eigenvalue weighted by molar-refractivity contribution is 14.0. The van der Waals surface area contributed by atoms with Crippen LogP contribution in [0.5, 0.6) is 5.75 Å². The highest BCUT2D eigenvalue weighted by atomic mass is 127. The predicted octanol–water partition coefficient (Wildman–Crippen LogP) is 1.68. The molecule has 2 heterocycles. The highest BCUT2D eigenvalue weighted by Crippen LogP contribution is 2.24. The molecule has 0 bridgehead atoms. The van der Waals surface area contributed by atoms with Crippen LogP contribution in [0.3, 0.4) is 0 Å². The van der Waals surface area contributed by atoms with Gasteiger partial charge in [-0.05, 0) is 38.1 Å². The van der Waals surface area contributed by atoms with Crippen LogP contribution in [0.15, 0.2) is 29.3 Å². The lowest BCUT2D eigenvalue weighted by atomic mass is 10.2. The van der Waals surface area contributed by atoms with Crippen LogP contribution in [-0.4, -0.2) is 72.2 Å². The van der Waals surface area contributed by atoms with Crippen molar-refractivity contribution in [3.8, 4) is 17.1 Å². The summed E-state index contributed by atoms with van der Waals surface area (Å²) < 4.78 is 28.7. The van der Waals surface area contributed by atoms with E-state index in [2.05, 4.69) is 25.5 Å². The molecular formula is C18H27IN6O3S. The summed E-state index contributed by atoms with van der Waals surface area (Å²) in [6.45, 7) is 4.71. The van der Waals surface area contributed by atoms with Gasteiger partial charge in [0.05, 0.1) is 24.2 Å². The second kappa shape index (κ2) is 9.28. The lowest BCUT2D eigenvalue weighted by molar-refractivity contribution is 0.353. The van der Waals surface area contributed by atoms with Gasteiger partial charge in [-0.3, -0.25) is 10.1 Å². The molecule has 1 saturated heterocycles. The summed E-state index contributed by atoms with van der Waals surface area (Å²) in [6.07, 6.45) is 0. The average molecular weight is 534 g/mol. The summed E-state index contributed by atoms with van der Waals surface area (Å²) in [6, 6.07) is 7.51. The Morgan fingerprint density at radius 1 is 1.34 bits per heavy atom. The summed E-state index contributed by atoms with van der Waals surface area (Å²) in [5.74, 6) is 2.79. The Balaban J connectivity index is 0.00000300. The zero-order valence-electron chi connectivity index (χ0n) is 17.0. The molecule has 0 amide bonds. The molecule has 0 unspecified atom stereocenters. The SMILES string of the molecule is CN=C(NCc1nc(-c2ccc(OC)cc2)n[nH]1)N1CCS(=O)(=O)C(C)(C)C1.I. The van der Waals surface area contributed by atoms with E-state index in [1.165, 1.54) is 0 Å². The maximum Gasteiger partial charge on any atom is 0.194 e. The van der Waals surface area contributed by atoms with Crippen LogP contribution >= 0.6 is 24.0 Å². The number of hydrogen-bond acceptors (Lipinski definition) is 6. The summed E-state index contributed by atoms with van der Waals surface area (Å²) in [5, 5.41) is 10.4. The third-order valence-corrected chi connectivity index (χ3v) is 7.38. The van der Waals surface area contributed by atoms with Crippen LogP contribution in [0, 0.1) is 0 Å². The van der Waals surface area contributed by atoms with Crippen molar-refractivity contribution in [3.63, 3.8) is 0 Å². The second-order valence-electron chi connectivity index (χ2n) is 7.24. The lowest BCUT2D eigenvalue weighted by Gasteiger charge is -2.39. The number of sulfone groups is 1. The van der Waals surface area contributed by atoms with Crippen molar-refractivity contribution in [3.05, 3.63) is 30.1 Å². The standard InChI is InChI=1S/C18H26N6O3S.HI/c1-18(2)12-24(9-10-28(18,25)26)17(19-3)20-11-15-21-16(23-22-15)13-5-7-14(27-4)8-6-13;/h5-8H,9-12H2,1-4H3,(H,19,20)(H,21,22,23);1H. The first kappa shape index (κ1) is 23.4. The maximum atomic E-state index is 12.2. The average Bonchev–Trinajstić information content (AvgIpc) is 3.14. The minimum atomic E-state index is -3.10. The smallest absolute Gasteiger partial charge is 0.194 e. The molecule has 1 aromatic heterocycles. The largest absolute Gasteiger partial charge is 0.497 e. The Labute approximate surface area is 188 Å². The van der Waals surface area contributed by atoms with E-state index in [-0.39, 0.29) is 29.7 Å². The number of aromatic amines is 1. The molecule has 1 aromatic carbocycles. The molecule has 0 aliphatic carbocycles. The van der Waals surface area contributed by atoms with Gasteiger partial charge in [0.2, 0.25) is 0 Å². The van der Waals surface area contributed by atoms with E-state index in [0.29, 0.717) is 37.2 Å². The fourth-order valence-electron chi connectivity index (χ4n) is 3.06. The van der Waals surface area contributed by atoms with Gasteiger partial charge >= 0.3 is 0 Å². The molecule has 0 radical (unpaired) electrons. The van der Waals surface area contributed by atoms with Gasteiger partial charge in [0.15, 0.2) is 21.6 Å². The van der Waals surface area contributed by atoms with Gasteiger partial charge < -0.3 is 15.0 Å². The lowest BCUT2D eigenvalue weighted by Crippen LogP contribution is -2.57. The molecule has 2 aromatic rings. The number of H-pyrrole nitrogens is 1. The number of halogens is 1. The third kappa shape index (κ3) is 5.18. The minimum absolute atomic E-state index is 0. The van der Waals surface area contributed by atoms with E-state index in [1.807, 2.05) is 29.2 Å². The van der Waals surface area contributed by atoms with Crippen LogP contribution in [0.4, 0.5) is 0 Å². The summed E-state index contributed by atoms with van der Waals surface area (Å²) in [5.41, 5.74) is 0.885. The Hall–Kier alpha value is -1.89. The number of nitrogens with one attached hydrogen (secondary N) is 2. The van der Waals surface area contributed by atoms with Gasteiger partial charge in [0, 0.05) is 25.7 Å². The zero-order chi connectivity index (χ0) is 20.4. The van der Waals surface area contributed by atoms with Gasteiger partial charge in [-0.15, -0.1) is 24.0 Å². The van der Waals surface area contributed by atoms with E-state index in [0.717, 1.165) is 11.3 Å². The number of guanidine groups is 1. The van der Waals surface area contributed by atoms with Gasteiger partial charge in [-0.1, -0.05) is 0 Å². The van der Waals surface area contributed by atoms with Crippen molar-refractivity contribution in [1.82, 2.24) is 25.4 Å². The number of hydrogen-bond donors (Lipinski definition) is 2. The number of benzene rings is 1. The van der Waals surface area contributed by atoms with E-state index < -0.39 is 14.6 Å². The van der Waals surface area contributed by atoms with Crippen LogP contribution in [-0.2, 0) is 16.4 Å². The van der Waals surface area contributed by atoms with Crippen molar-refractivity contribution in [2.75, 3.05) is 33.0 Å². The van der Waals surface area contributed by atoms with Crippen LogP contribution in [0.1, 0.15) is 19.7 Å². The van der Waals surface area contributed by atoms with E-state index in [4.69, 9.17) is 4.74 Å². The second-order valence-corrected chi connectivity index (χ2v) is 9.98. The molecule has 1 fully saturated rings. The van der Waals surface area contributed by atoms with Gasteiger partial charge in [0.1, 0.15) is 11.6 Å². The van der Waals surface area contributed by atoms with Crippen molar-refractivity contribution < 1.29 is 13.2 Å². The zero-order valence-corrected chi connectivity index (χ0v) is 20.1. The molecule has 1 aliphatic heterocycles. The summed E-state index contributed by atoms with van der Waals surface area (Å²) in [7, 11) is 0.207. The minimum Gasteiger partial charge on any atom is -0.497 e. The quantitative estimate of drug-likeness (QED) is 0.349. The fraction of sp³-hybridized carbons (Fsp3) is 0.500. The van der Waals surface area contributed by atoms with Crippen molar-refractivity contribution in [2.24, 2.45) is 4.99 Å². The number of nitrogens with zero attached hydrogens (tertiary/aromatic N) is 4. The van der Waals surface area contributed by atoms with E-state index in [9.17, 15) is 8.42 Å². The third-order valence-electron chi connectivity index (χ3n) is 4.85. The van der Waals surface area contributed by atoms with Crippen molar-refractivity contribution in [1.29, 1.82) is 0 Å². The van der Waals surface area contributed by atoms with Crippen molar-refractivity contribution in [2.45, 2.75) is 25.1 Å². The normalized spacial score (nSPS) is 18.1. The molecule has 29 heavy (non-hydrogen) atoms. The van der Waals surface area contributed by atoms with E-state index in [1.54, 1.807) is 28.0 Å². The molecule has 3 rings (SSSR count). The molecule has 2 N–H and O–H groups in total. The summed E-state index contributed by atoms with van der Waals surface area (Å²) >= 11 is 0. The molecule has 0 spiro atoms. The molecule has 160 valence electrons. The molecule has 0 saturated carbocycles. The van der Waals surface area contributed by atoms with Crippen molar-refractivity contribution >= 4 is 39.8 Å². The molecular weight excluding hydrogens is 507 g/mol. The van der Waals surface area contributed by atoms with Crippen LogP contribution in [0.2, 0.25) is 0 Å². The fourth-order valence-corrected chi connectivity index (χ4v) is 4.43. The van der Waals surface area contributed by atoms with Gasteiger partial charge in [0.25, 0.3) is 0 Å². The van der Waals surface area contributed by atoms with Gasteiger partial charge in [-0.2, -0.15) is 5.10 Å². The van der Waals surface area contributed by atoms with Crippen LogP contribution < -0.4 is 10.1 Å². The Morgan fingerprint density at radius 3 is 2.62 bits per heavy atom. The Kier molecular flexibility index (Phi) is 7.49. The first-order valence-corrected chi connectivity index (χ1v) is 10.6. The molecule has 1 aliphatic rings. The first-order valence-electron chi connectivity index (χ1n) is 8.99. The number of aromatic nitrogens is 3. The molecule has 11 heteroatoms. The Bertz CT molecular complexity index is 956. The molecule has 9 nitrogen and oxygen atoms in total. The maximum absolute atomic E-state index is 12.2. The monoisotopic (exact) mass is 534 g/mol. The molecule has 0 atom stereocenters. The Morgan fingerprint density at radius 2 is 2.03 bits per heavy atom. The van der Waals surface area contributed by atoms with E-state index >= 15 is 0 Å².